The highest BCUT2D eigenvalue weighted by molar-refractivity contribution is 5.97. The smallest absolute Gasteiger partial charge is 0.244 e. The first-order valence-electron chi connectivity index (χ1n) is 9.23. The van der Waals surface area contributed by atoms with Crippen molar-refractivity contribution in [3.63, 3.8) is 0 Å². The number of amides is 1. The summed E-state index contributed by atoms with van der Waals surface area (Å²) in [5.41, 5.74) is 2.59. The number of hydrogen-bond donors (Lipinski definition) is 1. The predicted molar refractivity (Wildman–Crippen MR) is 98.7 cm³/mol. The minimum absolute atomic E-state index is 0.0202. The molecule has 2 heterocycles. The lowest BCUT2D eigenvalue weighted by Gasteiger charge is -2.38. The third-order valence-electron chi connectivity index (χ3n) is 5.44. The summed E-state index contributed by atoms with van der Waals surface area (Å²) in [6, 6.07) is 10.3. The number of benzene rings is 1. The van der Waals surface area contributed by atoms with Gasteiger partial charge in [-0.1, -0.05) is 31.0 Å². The Morgan fingerprint density at radius 1 is 1.28 bits per heavy atom. The van der Waals surface area contributed by atoms with Gasteiger partial charge in [0.05, 0.1) is 30.1 Å². The van der Waals surface area contributed by atoms with Crippen LogP contribution in [0.3, 0.4) is 0 Å². The number of pyridine rings is 1. The number of carbonyl (C=O) groups excluding carboxylic acids is 1. The van der Waals surface area contributed by atoms with Crippen molar-refractivity contribution in [3.8, 4) is 0 Å². The molecule has 1 aromatic carbocycles. The summed E-state index contributed by atoms with van der Waals surface area (Å²) in [5, 5.41) is 4.14. The highest BCUT2D eigenvalue weighted by atomic mass is 16.5. The van der Waals surface area contributed by atoms with Crippen LogP contribution in [0.5, 0.6) is 0 Å². The summed E-state index contributed by atoms with van der Waals surface area (Å²) in [5.74, 6) is 0.0202. The topological polar surface area (TPSA) is 54.5 Å². The highest BCUT2D eigenvalue weighted by Gasteiger charge is 2.35. The SMILES string of the molecule is Cc1nc2ccccc2cc1NC(=O)[C@H]1COCCN1C1CCCC1. The average molecular weight is 339 g/mol. The molecule has 0 bridgehead atoms. The Hall–Kier alpha value is -1.98. The van der Waals surface area contributed by atoms with Crippen molar-refractivity contribution in [3.05, 3.63) is 36.0 Å². The predicted octanol–water partition coefficient (Wildman–Crippen LogP) is 3.13. The first kappa shape index (κ1) is 16.5. The fourth-order valence-electron chi connectivity index (χ4n) is 4.07. The molecule has 1 atom stereocenters. The molecule has 0 unspecified atom stereocenters. The first-order chi connectivity index (χ1) is 12.2. The summed E-state index contributed by atoms with van der Waals surface area (Å²) < 4.78 is 5.61. The van der Waals surface area contributed by atoms with E-state index in [9.17, 15) is 4.79 Å². The largest absolute Gasteiger partial charge is 0.378 e. The van der Waals surface area contributed by atoms with Crippen LogP contribution in [0.1, 0.15) is 31.4 Å². The molecule has 4 rings (SSSR count). The number of carbonyl (C=O) groups is 1. The number of nitrogens with zero attached hydrogens (tertiary/aromatic N) is 2. The van der Waals surface area contributed by atoms with E-state index in [1.165, 1.54) is 25.7 Å². The second-order valence-electron chi connectivity index (χ2n) is 7.07. The summed E-state index contributed by atoms with van der Waals surface area (Å²) in [4.78, 5) is 19.9. The number of nitrogens with one attached hydrogen (secondary N) is 1. The van der Waals surface area contributed by atoms with Crippen LogP contribution in [0.4, 0.5) is 5.69 Å². The fourth-order valence-corrected chi connectivity index (χ4v) is 4.07. The van der Waals surface area contributed by atoms with Gasteiger partial charge in [0, 0.05) is 18.0 Å². The molecule has 1 aromatic heterocycles. The molecule has 5 heteroatoms. The zero-order chi connectivity index (χ0) is 17.2. The minimum atomic E-state index is -0.206. The molecular weight excluding hydrogens is 314 g/mol. The van der Waals surface area contributed by atoms with Crippen molar-refractivity contribution in [2.24, 2.45) is 0 Å². The molecule has 1 saturated carbocycles. The van der Waals surface area contributed by atoms with Gasteiger partial charge in [0.25, 0.3) is 0 Å². The Kier molecular flexibility index (Phi) is 4.68. The number of fused-ring (bicyclic) bond motifs is 1. The average Bonchev–Trinajstić information content (AvgIpc) is 3.17. The standard InChI is InChI=1S/C20H25N3O2/c1-14-18(12-15-6-2-5-9-17(15)21-14)22-20(24)19-13-25-11-10-23(19)16-7-3-4-8-16/h2,5-6,9,12,16,19H,3-4,7-8,10-11,13H2,1H3,(H,22,24)/t19-/m1/s1. The molecule has 1 N–H and O–H groups in total. The van der Waals surface area contributed by atoms with Gasteiger partial charge in [-0.3, -0.25) is 14.7 Å². The zero-order valence-corrected chi connectivity index (χ0v) is 14.7. The van der Waals surface area contributed by atoms with Crippen LogP contribution in [0.15, 0.2) is 30.3 Å². The van der Waals surface area contributed by atoms with Gasteiger partial charge < -0.3 is 10.1 Å². The summed E-state index contributed by atoms with van der Waals surface area (Å²) >= 11 is 0. The first-order valence-corrected chi connectivity index (χ1v) is 9.23. The van der Waals surface area contributed by atoms with E-state index in [0.29, 0.717) is 12.6 Å². The third-order valence-corrected chi connectivity index (χ3v) is 5.44. The lowest BCUT2D eigenvalue weighted by molar-refractivity contribution is -0.129. The molecule has 0 spiro atoms. The van der Waals surface area contributed by atoms with Gasteiger partial charge in [0.2, 0.25) is 5.91 Å². The monoisotopic (exact) mass is 339 g/mol. The Labute approximate surface area is 148 Å². The molecule has 2 fully saturated rings. The van der Waals surface area contributed by atoms with Crippen molar-refractivity contribution in [1.82, 2.24) is 9.88 Å². The number of aromatic nitrogens is 1. The fraction of sp³-hybridized carbons (Fsp3) is 0.500. The molecular formula is C20H25N3O2. The molecule has 132 valence electrons. The zero-order valence-electron chi connectivity index (χ0n) is 14.7. The van der Waals surface area contributed by atoms with Gasteiger partial charge in [0.15, 0.2) is 0 Å². The molecule has 25 heavy (non-hydrogen) atoms. The Morgan fingerprint density at radius 2 is 2.08 bits per heavy atom. The van der Waals surface area contributed by atoms with Gasteiger partial charge in [-0.05, 0) is 31.9 Å². The van der Waals surface area contributed by atoms with E-state index >= 15 is 0 Å². The van der Waals surface area contributed by atoms with E-state index in [-0.39, 0.29) is 11.9 Å². The van der Waals surface area contributed by atoms with E-state index in [4.69, 9.17) is 4.74 Å². The maximum Gasteiger partial charge on any atom is 0.244 e. The Morgan fingerprint density at radius 3 is 2.92 bits per heavy atom. The maximum absolute atomic E-state index is 13.0. The van der Waals surface area contributed by atoms with Crippen LogP contribution in [0, 0.1) is 6.92 Å². The Bertz CT molecular complexity index is 771. The second kappa shape index (κ2) is 7.10. The number of hydrogen-bond acceptors (Lipinski definition) is 4. The molecule has 1 aliphatic carbocycles. The van der Waals surface area contributed by atoms with Gasteiger partial charge >= 0.3 is 0 Å². The maximum atomic E-state index is 13.0. The number of morpholine rings is 1. The number of rotatable bonds is 3. The van der Waals surface area contributed by atoms with E-state index < -0.39 is 0 Å². The lowest BCUT2D eigenvalue weighted by atomic mass is 10.1. The van der Waals surface area contributed by atoms with Crippen molar-refractivity contribution in [1.29, 1.82) is 0 Å². The van der Waals surface area contributed by atoms with Gasteiger partial charge in [-0.15, -0.1) is 0 Å². The van der Waals surface area contributed by atoms with E-state index in [1.54, 1.807) is 0 Å². The number of ether oxygens (including phenoxy) is 1. The van der Waals surface area contributed by atoms with Gasteiger partial charge in [-0.2, -0.15) is 0 Å². The summed E-state index contributed by atoms with van der Waals surface area (Å²) in [6.07, 6.45) is 4.93. The van der Waals surface area contributed by atoms with Gasteiger partial charge in [-0.25, -0.2) is 0 Å². The van der Waals surface area contributed by atoms with E-state index in [1.807, 2.05) is 37.3 Å². The van der Waals surface area contributed by atoms with Crippen molar-refractivity contribution < 1.29 is 9.53 Å². The van der Waals surface area contributed by atoms with Crippen LogP contribution in [-0.4, -0.2) is 47.6 Å². The molecule has 0 radical (unpaired) electrons. The van der Waals surface area contributed by atoms with E-state index in [0.717, 1.165) is 35.4 Å². The van der Waals surface area contributed by atoms with Crippen LogP contribution in [0.2, 0.25) is 0 Å². The Balaban J connectivity index is 1.55. The molecule has 2 aromatic rings. The van der Waals surface area contributed by atoms with Gasteiger partial charge in [0.1, 0.15) is 6.04 Å². The third kappa shape index (κ3) is 3.39. The van der Waals surface area contributed by atoms with E-state index in [2.05, 4.69) is 15.2 Å². The quantitative estimate of drug-likeness (QED) is 0.933. The summed E-state index contributed by atoms with van der Waals surface area (Å²) in [7, 11) is 0. The number of aryl methyl sites for hydroxylation is 1. The highest BCUT2D eigenvalue weighted by Crippen LogP contribution is 2.27. The molecule has 1 amide bonds. The lowest BCUT2D eigenvalue weighted by Crippen LogP contribution is -2.55. The van der Waals surface area contributed by atoms with Crippen molar-refractivity contribution in [2.45, 2.75) is 44.7 Å². The van der Waals surface area contributed by atoms with Crippen molar-refractivity contribution in [2.75, 3.05) is 25.1 Å². The molecule has 1 saturated heterocycles. The summed E-state index contributed by atoms with van der Waals surface area (Å²) in [6.45, 7) is 3.98. The molecule has 1 aliphatic heterocycles. The minimum Gasteiger partial charge on any atom is -0.378 e. The van der Waals surface area contributed by atoms with Crippen LogP contribution < -0.4 is 5.32 Å². The molecule has 5 nitrogen and oxygen atoms in total. The number of anilines is 1. The normalized spacial score (nSPS) is 22.4. The van der Waals surface area contributed by atoms with Crippen molar-refractivity contribution >= 4 is 22.5 Å². The number of para-hydroxylation sites is 1. The van der Waals surface area contributed by atoms with Crippen LogP contribution >= 0.6 is 0 Å². The molecule has 2 aliphatic rings. The second-order valence-corrected chi connectivity index (χ2v) is 7.07. The van der Waals surface area contributed by atoms with Crippen LogP contribution in [0.25, 0.3) is 10.9 Å². The van der Waals surface area contributed by atoms with Crippen LogP contribution in [-0.2, 0) is 9.53 Å².